The average Bonchev–Trinajstić information content (AvgIpc) is 2.69. The summed E-state index contributed by atoms with van der Waals surface area (Å²) in [5.41, 5.74) is 0.391. The maximum absolute atomic E-state index is 12.6. The number of hydrogen-bond donors (Lipinski definition) is 1. The second-order valence-electron chi connectivity index (χ2n) is 8.23. The molecule has 32 heavy (non-hydrogen) atoms. The molecule has 1 aromatic carbocycles. The number of alkyl halides is 3. The van der Waals surface area contributed by atoms with Crippen molar-refractivity contribution in [1.29, 1.82) is 0 Å². The van der Waals surface area contributed by atoms with Crippen LogP contribution in [0, 0.1) is 0 Å². The first kappa shape index (κ1) is 24.3. The van der Waals surface area contributed by atoms with Crippen LogP contribution in [0.1, 0.15) is 13.8 Å². The highest BCUT2D eigenvalue weighted by Gasteiger charge is 2.31. The third-order valence-electron chi connectivity index (χ3n) is 5.33. The van der Waals surface area contributed by atoms with E-state index in [0.717, 1.165) is 12.1 Å². The van der Waals surface area contributed by atoms with Crippen LogP contribution in [-0.4, -0.2) is 97.4 Å². The van der Waals surface area contributed by atoms with Gasteiger partial charge in [-0.3, -0.25) is 19.4 Å². The molecule has 1 N–H and O–H groups in total. The molecule has 0 aromatic heterocycles. The minimum Gasteiger partial charge on any atom is -0.406 e. The highest BCUT2D eigenvalue weighted by atomic mass is 19.4. The van der Waals surface area contributed by atoms with Crippen LogP contribution in [-0.2, 0) is 14.3 Å². The van der Waals surface area contributed by atoms with Crippen molar-refractivity contribution >= 4 is 17.5 Å². The summed E-state index contributed by atoms with van der Waals surface area (Å²) >= 11 is 0. The SMILES string of the molecule is CC1CN(C(=O)CN2CCN(CC(=O)Nc3ccc(OC(F)(F)F)cc3)CC2)CC(C)O1. The molecule has 0 bridgehead atoms. The lowest BCUT2D eigenvalue weighted by atomic mass is 10.2. The molecule has 0 spiro atoms. The van der Waals surface area contributed by atoms with E-state index < -0.39 is 6.36 Å². The first-order valence-electron chi connectivity index (χ1n) is 10.6. The third kappa shape index (κ3) is 7.64. The minimum atomic E-state index is -4.75. The molecule has 0 aliphatic carbocycles. The van der Waals surface area contributed by atoms with Crippen molar-refractivity contribution in [3.63, 3.8) is 0 Å². The number of hydrogen-bond acceptors (Lipinski definition) is 6. The Labute approximate surface area is 185 Å². The molecule has 1 aromatic rings. The van der Waals surface area contributed by atoms with Crippen molar-refractivity contribution in [2.75, 3.05) is 57.7 Å². The van der Waals surface area contributed by atoms with Crippen molar-refractivity contribution in [3.8, 4) is 5.75 Å². The molecular formula is C21H29F3N4O4. The topological polar surface area (TPSA) is 74.4 Å². The Hall–Kier alpha value is -2.37. The fourth-order valence-corrected chi connectivity index (χ4v) is 3.92. The molecule has 2 saturated heterocycles. The van der Waals surface area contributed by atoms with Crippen molar-refractivity contribution in [3.05, 3.63) is 24.3 Å². The molecule has 2 amide bonds. The van der Waals surface area contributed by atoms with Crippen molar-refractivity contribution in [2.45, 2.75) is 32.4 Å². The maximum Gasteiger partial charge on any atom is 0.573 e. The minimum absolute atomic E-state index is 0.0337. The van der Waals surface area contributed by atoms with Gasteiger partial charge in [0.05, 0.1) is 25.3 Å². The van der Waals surface area contributed by atoms with Gasteiger partial charge in [0.25, 0.3) is 0 Å². The smallest absolute Gasteiger partial charge is 0.406 e. The van der Waals surface area contributed by atoms with Crippen LogP contribution in [0.25, 0.3) is 0 Å². The van der Waals surface area contributed by atoms with Crippen LogP contribution in [0.4, 0.5) is 18.9 Å². The number of halogens is 3. The predicted molar refractivity (Wildman–Crippen MR) is 111 cm³/mol. The molecule has 8 nitrogen and oxygen atoms in total. The maximum atomic E-state index is 12.6. The zero-order valence-electron chi connectivity index (χ0n) is 18.2. The van der Waals surface area contributed by atoms with Gasteiger partial charge >= 0.3 is 6.36 Å². The van der Waals surface area contributed by atoms with Crippen LogP contribution >= 0.6 is 0 Å². The molecule has 2 unspecified atom stereocenters. The Morgan fingerprint density at radius 3 is 2.06 bits per heavy atom. The van der Waals surface area contributed by atoms with Gasteiger partial charge < -0.3 is 19.7 Å². The van der Waals surface area contributed by atoms with E-state index in [0.29, 0.717) is 51.5 Å². The van der Waals surface area contributed by atoms with E-state index in [4.69, 9.17) is 4.74 Å². The number of amides is 2. The number of benzene rings is 1. The molecule has 3 rings (SSSR count). The first-order chi connectivity index (χ1) is 15.1. The Balaban J connectivity index is 1.38. The number of ether oxygens (including phenoxy) is 2. The normalized spacial score (nSPS) is 23.1. The number of nitrogens with zero attached hydrogens (tertiary/aromatic N) is 3. The molecule has 2 aliphatic heterocycles. The molecule has 11 heteroatoms. The highest BCUT2D eigenvalue weighted by molar-refractivity contribution is 5.92. The number of rotatable bonds is 6. The second-order valence-corrected chi connectivity index (χ2v) is 8.23. The van der Waals surface area contributed by atoms with Gasteiger partial charge in [-0.25, -0.2) is 0 Å². The van der Waals surface area contributed by atoms with E-state index in [9.17, 15) is 22.8 Å². The van der Waals surface area contributed by atoms with Crippen molar-refractivity contribution < 1.29 is 32.2 Å². The number of anilines is 1. The zero-order valence-corrected chi connectivity index (χ0v) is 18.2. The van der Waals surface area contributed by atoms with Crippen molar-refractivity contribution in [1.82, 2.24) is 14.7 Å². The Morgan fingerprint density at radius 1 is 1.00 bits per heavy atom. The van der Waals surface area contributed by atoms with Gasteiger partial charge in [0.1, 0.15) is 5.75 Å². The van der Waals surface area contributed by atoms with Gasteiger partial charge in [0.15, 0.2) is 0 Å². The summed E-state index contributed by atoms with van der Waals surface area (Å²) in [4.78, 5) is 30.8. The molecule has 178 valence electrons. The van der Waals surface area contributed by atoms with Gasteiger partial charge in [-0.05, 0) is 38.1 Å². The number of piperazine rings is 1. The van der Waals surface area contributed by atoms with E-state index in [1.54, 1.807) is 0 Å². The van der Waals surface area contributed by atoms with Gasteiger partial charge in [-0.2, -0.15) is 0 Å². The zero-order chi connectivity index (χ0) is 23.3. The quantitative estimate of drug-likeness (QED) is 0.701. The Bertz CT molecular complexity index is 772. The highest BCUT2D eigenvalue weighted by Crippen LogP contribution is 2.24. The van der Waals surface area contributed by atoms with Crippen LogP contribution in [0.15, 0.2) is 24.3 Å². The van der Waals surface area contributed by atoms with Gasteiger partial charge in [0.2, 0.25) is 11.8 Å². The monoisotopic (exact) mass is 458 g/mol. The summed E-state index contributed by atoms with van der Waals surface area (Å²) in [7, 11) is 0. The van der Waals surface area contributed by atoms with E-state index in [1.807, 2.05) is 23.6 Å². The summed E-state index contributed by atoms with van der Waals surface area (Å²) < 4.78 is 46.1. The number of carbonyl (C=O) groups is 2. The van der Waals surface area contributed by atoms with E-state index in [1.165, 1.54) is 12.1 Å². The fourth-order valence-electron chi connectivity index (χ4n) is 3.92. The third-order valence-corrected chi connectivity index (χ3v) is 5.33. The fraction of sp³-hybridized carbons (Fsp3) is 0.619. The van der Waals surface area contributed by atoms with E-state index in [2.05, 4.69) is 15.0 Å². The van der Waals surface area contributed by atoms with E-state index >= 15 is 0 Å². The Kier molecular flexibility index (Phi) is 7.96. The molecule has 2 fully saturated rings. The average molecular weight is 458 g/mol. The molecular weight excluding hydrogens is 429 g/mol. The van der Waals surface area contributed by atoms with Crippen LogP contribution in [0.2, 0.25) is 0 Å². The number of morpholine rings is 1. The second kappa shape index (κ2) is 10.5. The van der Waals surface area contributed by atoms with Gasteiger partial charge in [-0.15, -0.1) is 13.2 Å². The summed E-state index contributed by atoms with van der Waals surface area (Å²) in [6, 6.07) is 5.01. The predicted octanol–water partition coefficient (Wildman–Crippen LogP) is 1.78. The summed E-state index contributed by atoms with van der Waals surface area (Å²) in [5.74, 6) is -0.506. The lowest BCUT2D eigenvalue weighted by Crippen LogP contribution is -2.54. The standard InChI is InChI=1S/C21H29F3N4O4/c1-15-11-28(12-16(2)31-15)20(30)14-27-9-7-26(8-10-27)13-19(29)25-17-3-5-18(6-4-17)32-21(22,23)24/h3-6,15-16H,7-14H2,1-2H3,(H,25,29). The van der Waals surface area contributed by atoms with E-state index in [-0.39, 0.29) is 36.3 Å². The van der Waals surface area contributed by atoms with Crippen LogP contribution < -0.4 is 10.1 Å². The lowest BCUT2D eigenvalue weighted by Gasteiger charge is -2.38. The van der Waals surface area contributed by atoms with Crippen LogP contribution in [0.5, 0.6) is 5.75 Å². The number of nitrogens with one attached hydrogen (secondary N) is 1. The lowest BCUT2D eigenvalue weighted by molar-refractivity contribution is -0.274. The molecule has 2 aliphatic rings. The molecule has 2 atom stereocenters. The first-order valence-corrected chi connectivity index (χ1v) is 10.6. The molecule has 0 saturated carbocycles. The van der Waals surface area contributed by atoms with Gasteiger partial charge in [0, 0.05) is 45.0 Å². The largest absolute Gasteiger partial charge is 0.573 e. The Morgan fingerprint density at radius 2 is 1.53 bits per heavy atom. The number of carbonyl (C=O) groups excluding carboxylic acids is 2. The molecule has 0 radical (unpaired) electrons. The van der Waals surface area contributed by atoms with Gasteiger partial charge in [-0.1, -0.05) is 0 Å². The summed E-state index contributed by atoms with van der Waals surface area (Å²) in [6.45, 7) is 8.31. The summed E-state index contributed by atoms with van der Waals surface area (Å²) in [6.07, 6.45) is -4.69. The summed E-state index contributed by atoms with van der Waals surface area (Å²) in [5, 5.41) is 2.67. The van der Waals surface area contributed by atoms with Crippen molar-refractivity contribution in [2.24, 2.45) is 0 Å². The molecule has 2 heterocycles. The van der Waals surface area contributed by atoms with Crippen LogP contribution in [0.3, 0.4) is 0 Å².